The van der Waals surface area contributed by atoms with Crippen molar-refractivity contribution >= 4 is 90.9 Å². The zero-order valence-corrected chi connectivity index (χ0v) is 28.1. The van der Waals surface area contributed by atoms with Crippen molar-refractivity contribution in [3.8, 4) is 22.3 Å². The molecule has 0 bridgehead atoms. The summed E-state index contributed by atoms with van der Waals surface area (Å²) >= 11 is 3.73. The third-order valence-electron chi connectivity index (χ3n) is 9.64. The summed E-state index contributed by atoms with van der Waals surface area (Å²) in [6.07, 6.45) is 0. The van der Waals surface area contributed by atoms with Gasteiger partial charge in [0.05, 0.1) is 0 Å². The molecule has 10 aromatic rings. The predicted octanol–water partition coefficient (Wildman–Crippen LogP) is 14.4. The Morgan fingerprint density at radius 3 is 1.67 bits per heavy atom. The Morgan fingerprint density at radius 2 is 0.857 bits per heavy atom. The summed E-state index contributed by atoms with van der Waals surface area (Å²) in [5.41, 5.74) is 8.31. The van der Waals surface area contributed by atoms with Crippen molar-refractivity contribution in [1.29, 1.82) is 0 Å². The molecule has 0 saturated carbocycles. The summed E-state index contributed by atoms with van der Waals surface area (Å²) < 4.78 is 5.26. The van der Waals surface area contributed by atoms with Crippen LogP contribution in [0.25, 0.3) is 73.4 Å². The van der Waals surface area contributed by atoms with E-state index >= 15 is 0 Å². The van der Waals surface area contributed by atoms with Crippen molar-refractivity contribution in [3.05, 3.63) is 176 Å². The quantitative estimate of drug-likeness (QED) is 0.178. The van der Waals surface area contributed by atoms with Crippen LogP contribution in [0.2, 0.25) is 0 Å². The molecule has 3 heteroatoms. The molecular weight excluding hydrogens is 631 g/mol. The van der Waals surface area contributed by atoms with E-state index in [1.54, 1.807) is 0 Å². The summed E-state index contributed by atoms with van der Waals surface area (Å²) in [7, 11) is 0. The van der Waals surface area contributed by atoms with Crippen molar-refractivity contribution in [2.75, 3.05) is 4.90 Å². The predicted molar refractivity (Wildman–Crippen MR) is 215 cm³/mol. The number of nitrogens with zero attached hydrogens (tertiary/aromatic N) is 1. The minimum atomic E-state index is 1.13. The van der Waals surface area contributed by atoms with E-state index in [1.807, 2.05) is 22.7 Å². The lowest BCUT2D eigenvalue weighted by molar-refractivity contribution is 1.29. The van der Waals surface area contributed by atoms with Crippen LogP contribution in [0, 0.1) is 0 Å². The Bertz CT molecular complexity index is 2850. The molecule has 0 atom stereocenters. The molecule has 1 nitrogen and oxygen atoms in total. The van der Waals surface area contributed by atoms with E-state index in [2.05, 4.69) is 181 Å². The molecule has 49 heavy (non-hydrogen) atoms. The van der Waals surface area contributed by atoms with Gasteiger partial charge in [0.1, 0.15) is 0 Å². The second-order valence-corrected chi connectivity index (χ2v) is 14.7. The molecule has 0 saturated heterocycles. The first kappa shape index (κ1) is 28.3. The van der Waals surface area contributed by atoms with Crippen LogP contribution >= 0.6 is 22.7 Å². The first-order chi connectivity index (χ1) is 24.3. The van der Waals surface area contributed by atoms with Crippen LogP contribution in [0.15, 0.2) is 176 Å². The molecule has 0 amide bonds. The molecule has 2 aromatic heterocycles. The number of hydrogen-bond donors (Lipinski definition) is 0. The van der Waals surface area contributed by atoms with Gasteiger partial charge in [-0.2, -0.15) is 0 Å². The lowest BCUT2D eigenvalue weighted by Crippen LogP contribution is -2.10. The highest BCUT2D eigenvalue weighted by Gasteiger charge is 2.18. The van der Waals surface area contributed by atoms with Crippen molar-refractivity contribution in [1.82, 2.24) is 0 Å². The van der Waals surface area contributed by atoms with Crippen LogP contribution in [0.3, 0.4) is 0 Å². The Labute approximate surface area is 292 Å². The Morgan fingerprint density at radius 1 is 0.327 bits per heavy atom. The fourth-order valence-electron chi connectivity index (χ4n) is 7.42. The monoisotopic (exact) mass is 659 g/mol. The first-order valence-corrected chi connectivity index (χ1v) is 18.2. The van der Waals surface area contributed by atoms with Gasteiger partial charge in [0, 0.05) is 57.4 Å². The zero-order chi connectivity index (χ0) is 32.3. The zero-order valence-electron chi connectivity index (χ0n) is 26.5. The SMILES string of the molecule is c1cc(-c2cccc3ccccc23)cc(N(c2cccc(-c3cccc4sc5ccccc5c34)c2)c2ccc3sc4ccccc4c3c2)c1. The molecule has 8 aromatic carbocycles. The van der Waals surface area contributed by atoms with Crippen molar-refractivity contribution in [2.45, 2.75) is 0 Å². The fraction of sp³-hybridized carbons (Fsp3) is 0. The molecule has 230 valence electrons. The van der Waals surface area contributed by atoms with Crippen LogP contribution in [0.1, 0.15) is 0 Å². The van der Waals surface area contributed by atoms with Gasteiger partial charge in [-0.15, -0.1) is 22.7 Å². The fourth-order valence-corrected chi connectivity index (χ4v) is 9.64. The lowest BCUT2D eigenvalue weighted by Gasteiger charge is -2.27. The molecule has 2 heterocycles. The summed E-state index contributed by atoms with van der Waals surface area (Å²) in [4.78, 5) is 2.43. The van der Waals surface area contributed by atoms with Gasteiger partial charge in [-0.1, -0.05) is 115 Å². The van der Waals surface area contributed by atoms with Gasteiger partial charge >= 0.3 is 0 Å². The van der Waals surface area contributed by atoms with Crippen LogP contribution in [-0.4, -0.2) is 0 Å². The highest BCUT2D eigenvalue weighted by Crippen LogP contribution is 2.44. The highest BCUT2D eigenvalue weighted by atomic mass is 32.1. The maximum Gasteiger partial charge on any atom is 0.0468 e. The maximum absolute atomic E-state index is 2.43. The molecule has 0 spiro atoms. The minimum Gasteiger partial charge on any atom is -0.310 e. The minimum absolute atomic E-state index is 1.13. The van der Waals surface area contributed by atoms with Crippen LogP contribution in [0.5, 0.6) is 0 Å². The van der Waals surface area contributed by atoms with Gasteiger partial charge in [-0.25, -0.2) is 0 Å². The van der Waals surface area contributed by atoms with E-state index in [4.69, 9.17) is 0 Å². The van der Waals surface area contributed by atoms with E-state index in [0.29, 0.717) is 0 Å². The number of rotatable bonds is 5. The number of benzene rings is 8. The molecule has 0 aliphatic heterocycles. The maximum atomic E-state index is 2.43. The second kappa shape index (κ2) is 11.5. The van der Waals surface area contributed by atoms with Crippen molar-refractivity contribution in [2.24, 2.45) is 0 Å². The van der Waals surface area contributed by atoms with Crippen molar-refractivity contribution in [3.63, 3.8) is 0 Å². The van der Waals surface area contributed by atoms with E-state index in [1.165, 1.54) is 73.4 Å². The molecule has 0 unspecified atom stereocenters. The van der Waals surface area contributed by atoms with Gasteiger partial charge in [0.15, 0.2) is 0 Å². The van der Waals surface area contributed by atoms with Crippen LogP contribution in [0.4, 0.5) is 17.1 Å². The lowest BCUT2D eigenvalue weighted by atomic mass is 9.97. The Hall–Kier alpha value is -5.74. The van der Waals surface area contributed by atoms with E-state index in [9.17, 15) is 0 Å². The van der Waals surface area contributed by atoms with Gasteiger partial charge in [0.25, 0.3) is 0 Å². The molecule has 0 aliphatic carbocycles. The average molecular weight is 660 g/mol. The van der Waals surface area contributed by atoms with Gasteiger partial charge in [-0.05, 0) is 93.7 Å². The molecule has 0 N–H and O–H groups in total. The second-order valence-electron chi connectivity index (χ2n) is 12.5. The summed E-state index contributed by atoms with van der Waals surface area (Å²) in [6.45, 7) is 0. The van der Waals surface area contributed by atoms with Crippen LogP contribution < -0.4 is 4.90 Å². The molecule has 0 aliphatic rings. The van der Waals surface area contributed by atoms with Gasteiger partial charge in [0.2, 0.25) is 0 Å². The summed E-state index contributed by atoms with van der Waals surface area (Å²) in [5.74, 6) is 0. The third-order valence-corrected chi connectivity index (χ3v) is 11.9. The van der Waals surface area contributed by atoms with Crippen LogP contribution in [-0.2, 0) is 0 Å². The summed E-state index contributed by atoms with van der Waals surface area (Å²) in [5, 5.41) is 7.75. The third kappa shape index (κ3) is 4.74. The van der Waals surface area contributed by atoms with E-state index in [-0.39, 0.29) is 0 Å². The Balaban J connectivity index is 1.19. The van der Waals surface area contributed by atoms with Crippen molar-refractivity contribution < 1.29 is 0 Å². The number of anilines is 3. The highest BCUT2D eigenvalue weighted by molar-refractivity contribution is 7.26. The average Bonchev–Trinajstić information content (AvgIpc) is 3.73. The first-order valence-electron chi connectivity index (χ1n) is 16.6. The van der Waals surface area contributed by atoms with E-state index < -0.39 is 0 Å². The number of hydrogen-bond acceptors (Lipinski definition) is 3. The number of fused-ring (bicyclic) bond motifs is 7. The molecule has 0 fully saturated rings. The standard InChI is InChI=1S/C46H29NS2/c1-2-17-36-30(11-1)12-9-20-37(36)31-13-7-15-33(27-31)47(35-25-26-44-41(29-35)39-18-3-5-22-42(39)48-44)34-16-8-14-32(28-34)38-21-10-24-45-46(38)40-19-4-6-23-43(40)49-45/h1-29H. The van der Waals surface area contributed by atoms with E-state index in [0.717, 1.165) is 17.1 Å². The van der Waals surface area contributed by atoms with Gasteiger partial charge in [-0.3, -0.25) is 0 Å². The smallest absolute Gasteiger partial charge is 0.0468 e. The molecular formula is C46H29NS2. The molecule has 10 rings (SSSR count). The summed E-state index contributed by atoms with van der Waals surface area (Å²) in [6, 6.07) is 64.5. The topological polar surface area (TPSA) is 3.24 Å². The normalized spacial score (nSPS) is 11.7. The molecule has 0 radical (unpaired) electrons. The Kier molecular flexibility index (Phi) is 6.61. The van der Waals surface area contributed by atoms with Gasteiger partial charge < -0.3 is 4.90 Å². The number of thiophene rings is 2. The largest absolute Gasteiger partial charge is 0.310 e.